The number of nitrogens with one attached hydrogen (secondary N) is 4. The molecule has 1 aliphatic heterocycles. The lowest BCUT2D eigenvalue weighted by Gasteiger charge is -2.10. The van der Waals surface area contributed by atoms with Crippen LogP contribution in [0.15, 0.2) is 42.5 Å². The number of anilines is 2. The summed E-state index contributed by atoms with van der Waals surface area (Å²) >= 11 is 0. The molecule has 10 heteroatoms. The van der Waals surface area contributed by atoms with Crippen LogP contribution in [0.25, 0.3) is 0 Å². The van der Waals surface area contributed by atoms with Gasteiger partial charge in [0.05, 0.1) is 6.42 Å². The fraction of sp³-hybridized carbons (Fsp3) is 0.118. The van der Waals surface area contributed by atoms with Gasteiger partial charge in [0.1, 0.15) is 0 Å². The zero-order valence-electron chi connectivity index (χ0n) is 14.1. The van der Waals surface area contributed by atoms with Gasteiger partial charge >= 0.3 is 12.1 Å². The molecule has 2 aromatic carbocycles. The zero-order chi connectivity index (χ0) is 19.2. The minimum Gasteiger partial charge on any atom is -0.454 e. The summed E-state index contributed by atoms with van der Waals surface area (Å²) in [5, 5.41) is 4.98. The van der Waals surface area contributed by atoms with Crippen molar-refractivity contribution >= 4 is 29.3 Å². The molecule has 1 aliphatic rings. The molecule has 0 saturated carbocycles. The molecule has 0 unspecified atom stereocenters. The lowest BCUT2D eigenvalue weighted by molar-refractivity contribution is -0.121. The standard InChI is InChI=1S/C17H17N5O5/c18-16(24)19-11-3-1-2-10(6-11)7-15(23)21-22-17(25)20-12-4-5-13-14(8-12)27-9-26-13/h1-6,8H,7,9H2,(H,21,23)(H3,18,19,24)(H2,20,22,25). The summed E-state index contributed by atoms with van der Waals surface area (Å²) in [7, 11) is 0. The number of ether oxygens (including phenoxy) is 2. The second kappa shape index (κ2) is 7.95. The molecule has 2 aromatic rings. The van der Waals surface area contributed by atoms with E-state index < -0.39 is 18.0 Å². The number of primary amides is 1. The first-order valence-electron chi connectivity index (χ1n) is 7.90. The number of hydrogen-bond donors (Lipinski definition) is 5. The largest absolute Gasteiger partial charge is 0.454 e. The quantitative estimate of drug-likeness (QED) is 0.515. The molecule has 140 valence electrons. The van der Waals surface area contributed by atoms with Crippen molar-refractivity contribution in [1.82, 2.24) is 10.9 Å². The maximum Gasteiger partial charge on any atom is 0.337 e. The second-order valence-electron chi connectivity index (χ2n) is 5.56. The Labute approximate surface area is 154 Å². The number of rotatable bonds is 4. The number of benzene rings is 2. The summed E-state index contributed by atoms with van der Waals surface area (Å²) < 4.78 is 10.4. The highest BCUT2D eigenvalue weighted by Gasteiger charge is 2.14. The molecule has 0 spiro atoms. The number of fused-ring (bicyclic) bond motifs is 1. The van der Waals surface area contributed by atoms with Gasteiger partial charge in [0.15, 0.2) is 11.5 Å². The molecule has 27 heavy (non-hydrogen) atoms. The summed E-state index contributed by atoms with van der Waals surface area (Å²) in [5.74, 6) is 0.690. The van der Waals surface area contributed by atoms with Crippen LogP contribution in [0.4, 0.5) is 21.0 Å². The second-order valence-corrected chi connectivity index (χ2v) is 5.56. The maximum absolute atomic E-state index is 12.0. The number of carbonyl (C=O) groups excluding carboxylic acids is 3. The van der Waals surface area contributed by atoms with E-state index in [4.69, 9.17) is 15.2 Å². The van der Waals surface area contributed by atoms with Crippen LogP contribution in [0, 0.1) is 0 Å². The smallest absolute Gasteiger partial charge is 0.337 e. The predicted molar refractivity (Wildman–Crippen MR) is 96.2 cm³/mol. The van der Waals surface area contributed by atoms with Gasteiger partial charge in [-0.1, -0.05) is 12.1 Å². The molecule has 0 radical (unpaired) electrons. The van der Waals surface area contributed by atoms with Gasteiger partial charge in [-0.3, -0.25) is 10.2 Å². The van der Waals surface area contributed by atoms with Crippen molar-refractivity contribution in [1.29, 1.82) is 0 Å². The highest BCUT2D eigenvalue weighted by molar-refractivity contribution is 5.91. The first-order chi connectivity index (χ1) is 13.0. The van der Waals surface area contributed by atoms with Crippen LogP contribution in [0.5, 0.6) is 11.5 Å². The van der Waals surface area contributed by atoms with Gasteiger partial charge in [0.25, 0.3) is 0 Å². The monoisotopic (exact) mass is 371 g/mol. The first-order valence-corrected chi connectivity index (χ1v) is 7.90. The van der Waals surface area contributed by atoms with Crippen molar-refractivity contribution in [2.75, 3.05) is 17.4 Å². The summed E-state index contributed by atoms with van der Waals surface area (Å²) in [5.41, 5.74) is 11.2. The van der Waals surface area contributed by atoms with Crippen molar-refractivity contribution < 1.29 is 23.9 Å². The molecule has 0 atom stereocenters. The van der Waals surface area contributed by atoms with Crippen LogP contribution in [0.3, 0.4) is 0 Å². The van der Waals surface area contributed by atoms with E-state index in [-0.39, 0.29) is 13.2 Å². The molecule has 0 fully saturated rings. The van der Waals surface area contributed by atoms with Crippen molar-refractivity contribution in [3.8, 4) is 11.5 Å². The van der Waals surface area contributed by atoms with E-state index in [0.717, 1.165) is 0 Å². The normalized spacial score (nSPS) is 11.4. The average molecular weight is 371 g/mol. The molecule has 0 aliphatic carbocycles. The predicted octanol–water partition coefficient (Wildman–Crippen LogP) is 1.30. The van der Waals surface area contributed by atoms with E-state index in [1.54, 1.807) is 42.5 Å². The summed E-state index contributed by atoms with van der Waals surface area (Å²) in [6, 6.07) is 10.2. The Kier molecular flexibility index (Phi) is 5.26. The lowest BCUT2D eigenvalue weighted by atomic mass is 10.1. The molecule has 6 N–H and O–H groups in total. The summed E-state index contributed by atoms with van der Waals surface area (Å²) in [4.78, 5) is 34.7. The molecule has 1 heterocycles. The molecular weight excluding hydrogens is 354 g/mol. The topological polar surface area (TPSA) is 144 Å². The average Bonchev–Trinajstić information content (AvgIpc) is 3.07. The first kappa shape index (κ1) is 17.9. The van der Waals surface area contributed by atoms with E-state index in [0.29, 0.717) is 28.4 Å². The van der Waals surface area contributed by atoms with Crippen LogP contribution >= 0.6 is 0 Å². The van der Waals surface area contributed by atoms with Crippen molar-refractivity contribution in [3.05, 3.63) is 48.0 Å². The van der Waals surface area contributed by atoms with Crippen LogP contribution in [0.2, 0.25) is 0 Å². The summed E-state index contributed by atoms with van der Waals surface area (Å²) in [6.45, 7) is 0.136. The zero-order valence-corrected chi connectivity index (χ0v) is 14.1. The van der Waals surface area contributed by atoms with Crippen LogP contribution < -0.4 is 36.7 Å². The molecule has 0 aromatic heterocycles. The van der Waals surface area contributed by atoms with E-state index in [2.05, 4.69) is 21.5 Å². The molecule has 0 saturated heterocycles. The SMILES string of the molecule is NC(=O)Nc1cccc(CC(=O)NNC(=O)Nc2ccc3c(c2)OCO3)c1. The molecule has 3 rings (SSSR count). The van der Waals surface area contributed by atoms with Crippen LogP contribution in [0.1, 0.15) is 5.56 Å². The number of carbonyl (C=O) groups is 3. The van der Waals surface area contributed by atoms with Crippen molar-refractivity contribution in [3.63, 3.8) is 0 Å². The van der Waals surface area contributed by atoms with Crippen molar-refractivity contribution in [2.45, 2.75) is 6.42 Å². The van der Waals surface area contributed by atoms with Crippen molar-refractivity contribution in [2.24, 2.45) is 5.73 Å². The third-order valence-electron chi connectivity index (χ3n) is 3.51. The Morgan fingerprint density at radius 1 is 0.926 bits per heavy atom. The number of urea groups is 2. The molecule has 5 amide bonds. The Balaban J connectivity index is 1.47. The van der Waals surface area contributed by atoms with Gasteiger partial charge in [-0.25, -0.2) is 15.0 Å². The van der Waals surface area contributed by atoms with Gasteiger partial charge in [-0.05, 0) is 29.8 Å². The van der Waals surface area contributed by atoms with E-state index >= 15 is 0 Å². The number of hydrazine groups is 1. The molecular formula is C17H17N5O5. The fourth-order valence-electron chi connectivity index (χ4n) is 2.39. The highest BCUT2D eigenvalue weighted by atomic mass is 16.7. The van der Waals surface area contributed by atoms with E-state index in [9.17, 15) is 14.4 Å². The number of amides is 5. The Hall–Kier alpha value is -3.95. The van der Waals surface area contributed by atoms with Gasteiger partial charge in [0, 0.05) is 17.4 Å². The third kappa shape index (κ3) is 5.01. The van der Waals surface area contributed by atoms with Crippen LogP contribution in [-0.2, 0) is 11.2 Å². The minimum atomic E-state index is -0.696. The fourth-order valence-corrected chi connectivity index (χ4v) is 2.39. The Morgan fingerprint density at radius 3 is 2.52 bits per heavy atom. The molecule has 0 bridgehead atoms. The third-order valence-corrected chi connectivity index (χ3v) is 3.51. The van der Waals surface area contributed by atoms with Gasteiger partial charge in [-0.2, -0.15) is 0 Å². The number of nitrogens with two attached hydrogens (primary N) is 1. The van der Waals surface area contributed by atoms with E-state index in [1.165, 1.54) is 0 Å². The Morgan fingerprint density at radius 2 is 1.70 bits per heavy atom. The van der Waals surface area contributed by atoms with Gasteiger partial charge in [-0.15, -0.1) is 0 Å². The maximum atomic E-state index is 12.0. The van der Waals surface area contributed by atoms with E-state index in [1.807, 2.05) is 0 Å². The minimum absolute atomic E-state index is 0.00140. The van der Waals surface area contributed by atoms with Crippen LogP contribution in [-0.4, -0.2) is 24.8 Å². The van der Waals surface area contributed by atoms with Gasteiger partial charge in [0.2, 0.25) is 12.7 Å². The highest BCUT2D eigenvalue weighted by Crippen LogP contribution is 2.34. The Bertz CT molecular complexity index is 886. The molecule has 10 nitrogen and oxygen atoms in total. The lowest BCUT2D eigenvalue weighted by Crippen LogP contribution is -2.44. The number of hydrogen-bond acceptors (Lipinski definition) is 5. The summed E-state index contributed by atoms with van der Waals surface area (Å²) in [6.07, 6.45) is -0.00140. The van der Waals surface area contributed by atoms with Gasteiger partial charge < -0.3 is 25.8 Å².